The van der Waals surface area contributed by atoms with Crippen LogP contribution in [0.3, 0.4) is 0 Å². The van der Waals surface area contributed by atoms with Crippen molar-refractivity contribution in [3.05, 3.63) is 28.8 Å². The first-order chi connectivity index (χ1) is 9.53. The van der Waals surface area contributed by atoms with Crippen molar-refractivity contribution in [2.45, 2.75) is 44.9 Å². The third kappa shape index (κ3) is 2.25. The van der Waals surface area contributed by atoms with Gasteiger partial charge in [0.2, 0.25) is 0 Å². The number of thiocarbonyl (C=S) groups is 1. The van der Waals surface area contributed by atoms with E-state index in [2.05, 4.69) is 24.1 Å². The highest BCUT2D eigenvalue weighted by Gasteiger charge is 2.47. The van der Waals surface area contributed by atoms with Gasteiger partial charge >= 0.3 is 0 Å². The Morgan fingerprint density at radius 1 is 1.55 bits per heavy atom. The quantitative estimate of drug-likeness (QED) is 0.857. The van der Waals surface area contributed by atoms with Gasteiger partial charge in [-0.15, -0.1) is 0 Å². The summed E-state index contributed by atoms with van der Waals surface area (Å²) in [5, 5.41) is 4.95. The summed E-state index contributed by atoms with van der Waals surface area (Å²) in [6.45, 7) is 5.24. The van der Waals surface area contributed by atoms with Crippen LogP contribution in [0.1, 0.15) is 44.7 Å². The molecule has 0 saturated carbocycles. The lowest BCUT2D eigenvalue weighted by Gasteiger charge is -2.52. The number of nitrogens with zero attached hydrogens (tertiary/aromatic N) is 1. The van der Waals surface area contributed by atoms with E-state index in [9.17, 15) is 0 Å². The van der Waals surface area contributed by atoms with Crippen LogP contribution in [0.15, 0.2) is 18.2 Å². The first kappa shape index (κ1) is 14.0. The SMILES string of the molecule is CCCCN1C(=S)NC2CC1(C)Oc1ccc(Cl)cc12. The Labute approximate surface area is 130 Å². The minimum absolute atomic E-state index is 0.188. The monoisotopic (exact) mass is 310 g/mol. The fraction of sp³-hybridized carbons (Fsp3) is 0.533. The summed E-state index contributed by atoms with van der Waals surface area (Å²) >= 11 is 11.6. The molecule has 5 heteroatoms. The van der Waals surface area contributed by atoms with E-state index in [0.717, 1.165) is 47.3 Å². The predicted molar refractivity (Wildman–Crippen MR) is 85.2 cm³/mol. The van der Waals surface area contributed by atoms with Crippen LogP contribution in [0.25, 0.3) is 0 Å². The van der Waals surface area contributed by atoms with Crippen molar-refractivity contribution in [1.29, 1.82) is 0 Å². The smallest absolute Gasteiger partial charge is 0.184 e. The number of nitrogens with one attached hydrogen (secondary N) is 1. The Kier molecular flexibility index (Phi) is 3.55. The van der Waals surface area contributed by atoms with Crippen LogP contribution in [-0.2, 0) is 0 Å². The van der Waals surface area contributed by atoms with Crippen molar-refractivity contribution in [2.75, 3.05) is 6.54 Å². The first-order valence-corrected chi connectivity index (χ1v) is 7.89. The summed E-state index contributed by atoms with van der Waals surface area (Å²) in [6.07, 6.45) is 3.13. The number of benzene rings is 1. The maximum atomic E-state index is 6.27. The molecule has 0 aliphatic carbocycles. The number of halogens is 1. The van der Waals surface area contributed by atoms with Crippen LogP contribution in [-0.4, -0.2) is 22.3 Å². The first-order valence-electron chi connectivity index (χ1n) is 7.10. The third-order valence-corrected chi connectivity index (χ3v) is 4.68. The van der Waals surface area contributed by atoms with E-state index in [4.69, 9.17) is 28.6 Å². The van der Waals surface area contributed by atoms with E-state index in [0.29, 0.717) is 0 Å². The lowest BCUT2D eigenvalue weighted by Crippen LogP contribution is -2.64. The Bertz CT molecular complexity index is 551. The van der Waals surface area contributed by atoms with E-state index in [1.54, 1.807) is 0 Å². The zero-order valence-electron chi connectivity index (χ0n) is 11.8. The topological polar surface area (TPSA) is 24.5 Å². The number of hydrogen-bond donors (Lipinski definition) is 1. The highest BCUT2D eigenvalue weighted by atomic mass is 35.5. The highest BCUT2D eigenvalue weighted by molar-refractivity contribution is 7.80. The van der Waals surface area contributed by atoms with Crippen molar-refractivity contribution >= 4 is 28.9 Å². The van der Waals surface area contributed by atoms with Gasteiger partial charge in [-0.2, -0.15) is 0 Å². The molecular formula is C15H19ClN2OS. The molecule has 0 aromatic heterocycles. The minimum Gasteiger partial charge on any atom is -0.468 e. The van der Waals surface area contributed by atoms with Crippen LogP contribution < -0.4 is 10.1 Å². The van der Waals surface area contributed by atoms with Gasteiger partial charge in [0.1, 0.15) is 5.75 Å². The Hall–Kier alpha value is -1.00. The van der Waals surface area contributed by atoms with Gasteiger partial charge in [-0.25, -0.2) is 0 Å². The van der Waals surface area contributed by atoms with Gasteiger partial charge in [-0.05, 0) is 43.8 Å². The molecule has 0 amide bonds. The molecule has 1 N–H and O–H groups in total. The molecule has 1 fully saturated rings. The molecule has 3 nitrogen and oxygen atoms in total. The largest absolute Gasteiger partial charge is 0.468 e. The second-order valence-corrected chi connectivity index (χ2v) is 6.49. The molecule has 108 valence electrons. The van der Waals surface area contributed by atoms with Crippen LogP contribution >= 0.6 is 23.8 Å². The molecule has 1 aromatic rings. The molecule has 2 heterocycles. The molecular weight excluding hydrogens is 292 g/mol. The zero-order chi connectivity index (χ0) is 14.3. The summed E-state index contributed by atoms with van der Waals surface area (Å²) in [7, 11) is 0. The van der Waals surface area contributed by atoms with Gasteiger partial charge < -0.3 is 15.0 Å². The number of hydrogen-bond acceptors (Lipinski definition) is 2. The Balaban J connectivity index is 1.96. The summed E-state index contributed by atoms with van der Waals surface area (Å²) in [5.74, 6) is 0.907. The van der Waals surface area contributed by atoms with E-state index in [1.807, 2.05) is 18.2 Å². The van der Waals surface area contributed by atoms with Crippen molar-refractivity contribution in [3.8, 4) is 5.75 Å². The molecule has 2 aliphatic rings. The summed E-state index contributed by atoms with van der Waals surface area (Å²) in [5.41, 5.74) is 0.746. The molecule has 2 aliphatic heterocycles. The van der Waals surface area contributed by atoms with E-state index in [-0.39, 0.29) is 11.8 Å². The predicted octanol–water partition coefficient (Wildman–Crippen LogP) is 3.87. The standard InChI is InChI=1S/C15H19ClN2OS/c1-3-4-7-18-14(20)17-12-9-15(18,2)19-13-6-5-10(16)8-11(12)13/h5-6,8,12H,3-4,7,9H2,1-2H3,(H,17,20). The van der Waals surface area contributed by atoms with Crippen LogP contribution in [0.4, 0.5) is 0 Å². The van der Waals surface area contributed by atoms with Gasteiger partial charge in [0.05, 0.1) is 6.04 Å². The normalized spacial score (nSPS) is 27.6. The Morgan fingerprint density at radius 3 is 3.10 bits per heavy atom. The fourth-order valence-corrected chi connectivity index (χ4v) is 3.65. The van der Waals surface area contributed by atoms with Gasteiger partial charge in [0, 0.05) is 23.6 Å². The van der Waals surface area contributed by atoms with Crippen LogP contribution in [0.5, 0.6) is 5.75 Å². The van der Waals surface area contributed by atoms with Gasteiger partial charge in [0.25, 0.3) is 0 Å². The maximum Gasteiger partial charge on any atom is 0.184 e. The molecule has 20 heavy (non-hydrogen) atoms. The lowest BCUT2D eigenvalue weighted by molar-refractivity contribution is -0.0684. The number of rotatable bonds is 3. The fourth-order valence-electron chi connectivity index (χ4n) is 3.04. The molecule has 1 aromatic carbocycles. The summed E-state index contributed by atoms with van der Waals surface area (Å²) in [6, 6.07) is 5.99. The Morgan fingerprint density at radius 2 is 2.35 bits per heavy atom. The molecule has 1 saturated heterocycles. The van der Waals surface area contributed by atoms with Crippen molar-refractivity contribution in [2.24, 2.45) is 0 Å². The second kappa shape index (κ2) is 5.08. The van der Waals surface area contributed by atoms with E-state index in [1.165, 1.54) is 0 Å². The van der Waals surface area contributed by atoms with Gasteiger partial charge in [0.15, 0.2) is 10.8 Å². The maximum absolute atomic E-state index is 6.27. The summed E-state index contributed by atoms with van der Waals surface area (Å²) < 4.78 is 6.27. The third-order valence-electron chi connectivity index (χ3n) is 4.11. The van der Waals surface area contributed by atoms with E-state index >= 15 is 0 Å². The van der Waals surface area contributed by atoms with Gasteiger partial charge in [-0.1, -0.05) is 24.9 Å². The second-order valence-electron chi connectivity index (χ2n) is 5.67. The van der Waals surface area contributed by atoms with Crippen molar-refractivity contribution in [3.63, 3.8) is 0 Å². The lowest BCUT2D eigenvalue weighted by atomic mass is 9.90. The number of unbranched alkanes of at least 4 members (excludes halogenated alkanes) is 1. The van der Waals surface area contributed by atoms with E-state index < -0.39 is 0 Å². The number of fused-ring (bicyclic) bond motifs is 4. The molecule has 2 atom stereocenters. The van der Waals surface area contributed by atoms with Crippen LogP contribution in [0, 0.1) is 0 Å². The average molecular weight is 311 g/mol. The highest BCUT2D eigenvalue weighted by Crippen LogP contribution is 2.44. The van der Waals surface area contributed by atoms with Crippen molar-refractivity contribution in [1.82, 2.24) is 10.2 Å². The zero-order valence-corrected chi connectivity index (χ0v) is 13.4. The van der Waals surface area contributed by atoms with Crippen LogP contribution in [0.2, 0.25) is 5.02 Å². The average Bonchev–Trinajstić information content (AvgIpc) is 2.39. The molecule has 3 rings (SSSR count). The molecule has 2 unspecified atom stereocenters. The molecule has 2 bridgehead atoms. The van der Waals surface area contributed by atoms with Crippen molar-refractivity contribution < 1.29 is 4.74 Å². The molecule has 0 spiro atoms. The minimum atomic E-state index is -0.358. The summed E-state index contributed by atoms with van der Waals surface area (Å²) in [4.78, 5) is 2.18. The molecule has 0 radical (unpaired) electrons. The number of ether oxygens (including phenoxy) is 1. The van der Waals surface area contributed by atoms with Gasteiger partial charge in [-0.3, -0.25) is 0 Å².